The number of hydrogen-bond acceptors (Lipinski definition) is 5. The van der Waals surface area contributed by atoms with Crippen molar-refractivity contribution in [1.82, 2.24) is 10.5 Å². The lowest BCUT2D eigenvalue weighted by Crippen LogP contribution is -2.29. The summed E-state index contributed by atoms with van der Waals surface area (Å²) in [6.45, 7) is 6.70. The minimum absolute atomic E-state index is 0.0000365. The van der Waals surface area contributed by atoms with E-state index in [-0.39, 0.29) is 11.9 Å². The molecule has 0 fully saturated rings. The SMILES string of the molecule is Cc1noc(C)c1COc1ccc(CC(=O)NCCC(C)N)cc1. The van der Waals surface area contributed by atoms with Crippen molar-refractivity contribution in [2.45, 2.75) is 46.3 Å². The lowest BCUT2D eigenvalue weighted by atomic mass is 10.1. The molecule has 2 aromatic rings. The molecule has 1 atom stereocenters. The highest BCUT2D eigenvalue weighted by atomic mass is 16.5. The summed E-state index contributed by atoms with van der Waals surface area (Å²) in [5, 5.41) is 6.77. The number of rotatable bonds is 8. The number of ether oxygens (including phenoxy) is 1. The number of carbonyl (C=O) groups is 1. The average Bonchev–Trinajstić information content (AvgIpc) is 2.85. The molecule has 0 radical (unpaired) electrons. The van der Waals surface area contributed by atoms with E-state index in [1.54, 1.807) is 0 Å². The molecule has 6 nitrogen and oxygen atoms in total. The number of nitrogens with zero attached hydrogens (tertiary/aromatic N) is 1. The second kappa shape index (κ2) is 8.49. The van der Waals surface area contributed by atoms with Gasteiger partial charge in [0.1, 0.15) is 18.1 Å². The van der Waals surface area contributed by atoms with Crippen LogP contribution in [0.4, 0.5) is 0 Å². The van der Waals surface area contributed by atoms with Gasteiger partial charge in [-0.05, 0) is 44.9 Å². The van der Waals surface area contributed by atoms with Gasteiger partial charge in [-0.25, -0.2) is 0 Å². The van der Waals surface area contributed by atoms with Crippen molar-refractivity contribution >= 4 is 5.91 Å². The van der Waals surface area contributed by atoms with Crippen LogP contribution in [0.25, 0.3) is 0 Å². The van der Waals surface area contributed by atoms with E-state index in [4.69, 9.17) is 15.0 Å². The molecule has 1 aromatic carbocycles. The Bertz CT molecular complexity index is 643. The van der Waals surface area contributed by atoms with Crippen molar-refractivity contribution in [1.29, 1.82) is 0 Å². The van der Waals surface area contributed by atoms with E-state index in [9.17, 15) is 4.79 Å². The summed E-state index contributed by atoms with van der Waals surface area (Å²) in [6.07, 6.45) is 1.13. The Morgan fingerprint density at radius 2 is 2.04 bits per heavy atom. The molecule has 1 aromatic heterocycles. The standard InChI is InChI=1S/C18H25N3O3/c1-12(19)8-9-20-18(22)10-15-4-6-16(7-5-15)23-11-17-13(2)21-24-14(17)3/h4-7,12H,8-11,19H2,1-3H3,(H,20,22). The van der Waals surface area contributed by atoms with Crippen molar-refractivity contribution in [3.8, 4) is 5.75 Å². The number of nitrogens with one attached hydrogen (secondary N) is 1. The normalized spacial score (nSPS) is 12.0. The molecule has 0 saturated heterocycles. The summed E-state index contributed by atoms with van der Waals surface area (Å²) >= 11 is 0. The Kier molecular flexibility index (Phi) is 6.37. The van der Waals surface area contributed by atoms with Crippen LogP contribution in [0.15, 0.2) is 28.8 Å². The molecule has 0 bridgehead atoms. The first-order chi connectivity index (χ1) is 11.5. The maximum atomic E-state index is 11.8. The third kappa shape index (κ3) is 5.38. The summed E-state index contributed by atoms with van der Waals surface area (Å²) in [5.74, 6) is 1.52. The first kappa shape index (κ1) is 18.0. The number of carbonyl (C=O) groups excluding carboxylic acids is 1. The minimum Gasteiger partial charge on any atom is -0.489 e. The van der Waals surface area contributed by atoms with Crippen LogP contribution >= 0.6 is 0 Å². The molecule has 2 rings (SSSR count). The fourth-order valence-corrected chi connectivity index (χ4v) is 2.25. The smallest absolute Gasteiger partial charge is 0.224 e. The summed E-state index contributed by atoms with van der Waals surface area (Å²) < 4.78 is 10.9. The number of amides is 1. The molecule has 1 heterocycles. The highest BCUT2D eigenvalue weighted by molar-refractivity contribution is 5.78. The fourth-order valence-electron chi connectivity index (χ4n) is 2.25. The number of hydrogen-bond donors (Lipinski definition) is 2. The van der Waals surface area contributed by atoms with Gasteiger partial charge < -0.3 is 20.3 Å². The molecular weight excluding hydrogens is 306 g/mol. The molecule has 0 aliphatic carbocycles. The number of aryl methyl sites for hydroxylation is 2. The van der Waals surface area contributed by atoms with Crippen LogP contribution in [0, 0.1) is 13.8 Å². The molecule has 0 spiro atoms. The van der Waals surface area contributed by atoms with E-state index in [2.05, 4.69) is 10.5 Å². The van der Waals surface area contributed by atoms with Crippen molar-refractivity contribution in [2.24, 2.45) is 5.73 Å². The van der Waals surface area contributed by atoms with Gasteiger partial charge in [0.25, 0.3) is 0 Å². The van der Waals surface area contributed by atoms with Crippen LogP contribution in [0.3, 0.4) is 0 Å². The maximum absolute atomic E-state index is 11.8. The Hall–Kier alpha value is -2.34. The van der Waals surface area contributed by atoms with E-state index in [1.807, 2.05) is 45.0 Å². The van der Waals surface area contributed by atoms with Gasteiger partial charge in [-0.2, -0.15) is 0 Å². The van der Waals surface area contributed by atoms with E-state index >= 15 is 0 Å². The molecule has 0 aliphatic heterocycles. The molecule has 6 heteroatoms. The second-order valence-electron chi connectivity index (χ2n) is 6.03. The number of aromatic nitrogens is 1. The number of benzene rings is 1. The second-order valence-corrected chi connectivity index (χ2v) is 6.03. The highest BCUT2D eigenvalue weighted by Gasteiger charge is 2.09. The van der Waals surface area contributed by atoms with Gasteiger partial charge >= 0.3 is 0 Å². The molecule has 1 unspecified atom stereocenters. The summed E-state index contributed by atoms with van der Waals surface area (Å²) in [5.41, 5.74) is 8.40. The largest absolute Gasteiger partial charge is 0.489 e. The molecule has 3 N–H and O–H groups in total. The van der Waals surface area contributed by atoms with Gasteiger partial charge in [0.2, 0.25) is 5.91 Å². The highest BCUT2D eigenvalue weighted by Crippen LogP contribution is 2.18. The van der Waals surface area contributed by atoms with Crippen molar-refractivity contribution in [2.75, 3.05) is 6.54 Å². The fraction of sp³-hybridized carbons (Fsp3) is 0.444. The zero-order chi connectivity index (χ0) is 17.5. The molecule has 0 saturated carbocycles. The molecular formula is C18H25N3O3. The van der Waals surface area contributed by atoms with E-state index < -0.39 is 0 Å². The molecule has 1 amide bonds. The first-order valence-corrected chi connectivity index (χ1v) is 8.11. The lowest BCUT2D eigenvalue weighted by molar-refractivity contribution is -0.120. The summed E-state index contributed by atoms with van der Waals surface area (Å²) in [6, 6.07) is 7.62. The van der Waals surface area contributed by atoms with Crippen LogP contribution in [0.1, 0.15) is 35.9 Å². The predicted molar refractivity (Wildman–Crippen MR) is 91.7 cm³/mol. The van der Waals surface area contributed by atoms with Gasteiger partial charge in [-0.3, -0.25) is 4.79 Å². The first-order valence-electron chi connectivity index (χ1n) is 8.11. The van der Waals surface area contributed by atoms with Crippen molar-refractivity contribution in [3.05, 3.63) is 46.8 Å². The van der Waals surface area contributed by atoms with E-state index in [0.29, 0.717) is 19.6 Å². The molecule has 0 aliphatic rings. The summed E-state index contributed by atoms with van der Waals surface area (Å²) in [7, 11) is 0. The average molecular weight is 331 g/mol. The van der Waals surface area contributed by atoms with Crippen LogP contribution in [0.2, 0.25) is 0 Å². The Labute approximate surface area is 142 Å². The van der Waals surface area contributed by atoms with Gasteiger partial charge in [-0.15, -0.1) is 0 Å². The van der Waals surface area contributed by atoms with Crippen LogP contribution in [0.5, 0.6) is 5.75 Å². The molecule has 24 heavy (non-hydrogen) atoms. The van der Waals surface area contributed by atoms with Gasteiger partial charge in [0.05, 0.1) is 17.7 Å². The zero-order valence-electron chi connectivity index (χ0n) is 14.5. The lowest BCUT2D eigenvalue weighted by Gasteiger charge is -2.09. The van der Waals surface area contributed by atoms with Gasteiger partial charge in [-0.1, -0.05) is 17.3 Å². The van der Waals surface area contributed by atoms with Crippen LogP contribution < -0.4 is 15.8 Å². The van der Waals surface area contributed by atoms with Crippen molar-refractivity contribution < 1.29 is 14.1 Å². The topological polar surface area (TPSA) is 90.4 Å². The van der Waals surface area contributed by atoms with Gasteiger partial charge in [0.15, 0.2) is 0 Å². The third-order valence-corrected chi connectivity index (χ3v) is 3.77. The van der Waals surface area contributed by atoms with E-state index in [0.717, 1.165) is 34.8 Å². The summed E-state index contributed by atoms with van der Waals surface area (Å²) in [4.78, 5) is 11.8. The molecule has 130 valence electrons. The minimum atomic E-state index is 0.0000365. The Morgan fingerprint density at radius 3 is 2.62 bits per heavy atom. The maximum Gasteiger partial charge on any atom is 0.224 e. The Morgan fingerprint density at radius 1 is 1.33 bits per heavy atom. The number of nitrogens with two attached hydrogens (primary N) is 1. The zero-order valence-corrected chi connectivity index (χ0v) is 14.5. The Balaban J connectivity index is 1.81. The quantitative estimate of drug-likeness (QED) is 0.774. The monoisotopic (exact) mass is 331 g/mol. The van der Waals surface area contributed by atoms with Crippen LogP contribution in [-0.2, 0) is 17.8 Å². The van der Waals surface area contributed by atoms with Crippen molar-refractivity contribution in [3.63, 3.8) is 0 Å². The third-order valence-electron chi connectivity index (χ3n) is 3.77. The predicted octanol–water partition coefficient (Wildman–Crippen LogP) is 2.27. The van der Waals surface area contributed by atoms with E-state index in [1.165, 1.54) is 0 Å². The van der Waals surface area contributed by atoms with Gasteiger partial charge in [0, 0.05) is 12.6 Å². The van der Waals surface area contributed by atoms with Crippen LogP contribution in [-0.4, -0.2) is 23.7 Å².